The van der Waals surface area contributed by atoms with Gasteiger partial charge in [0.05, 0.1) is 18.1 Å². The Morgan fingerprint density at radius 1 is 1.56 bits per heavy atom. The van der Waals surface area contributed by atoms with Crippen LogP contribution in [0.15, 0.2) is 0 Å². The summed E-state index contributed by atoms with van der Waals surface area (Å²) >= 11 is 0. The summed E-state index contributed by atoms with van der Waals surface area (Å²) in [5, 5.41) is 3.41. The molecule has 0 aromatic heterocycles. The second-order valence-electron chi connectivity index (χ2n) is 5.74. The molecule has 2 heterocycles. The molecule has 4 heteroatoms. The Kier molecular flexibility index (Phi) is 4.62. The van der Waals surface area contributed by atoms with E-state index in [1.54, 1.807) is 0 Å². The molecule has 2 unspecified atom stereocenters. The zero-order valence-corrected chi connectivity index (χ0v) is 11.7. The van der Waals surface area contributed by atoms with E-state index < -0.39 is 0 Å². The normalized spacial score (nSPS) is 32.4. The number of carbonyl (C=O) groups is 1. The Morgan fingerprint density at radius 2 is 2.39 bits per heavy atom. The molecular weight excluding hydrogens is 228 g/mol. The fourth-order valence-electron chi connectivity index (χ4n) is 3.32. The minimum Gasteiger partial charge on any atom is -0.379 e. The number of ether oxygens (including phenoxy) is 1. The predicted molar refractivity (Wildman–Crippen MR) is 71.4 cm³/mol. The lowest BCUT2D eigenvalue weighted by molar-refractivity contribution is -0.144. The first-order valence-electron chi connectivity index (χ1n) is 7.25. The maximum atomic E-state index is 12.8. The first kappa shape index (κ1) is 13.8. The van der Waals surface area contributed by atoms with Gasteiger partial charge < -0.3 is 15.0 Å². The molecule has 2 aliphatic rings. The molecule has 0 aromatic carbocycles. The van der Waals surface area contributed by atoms with Gasteiger partial charge in [-0.05, 0) is 32.2 Å². The topological polar surface area (TPSA) is 41.6 Å². The second-order valence-corrected chi connectivity index (χ2v) is 5.74. The Labute approximate surface area is 110 Å². The lowest BCUT2D eigenvalue weighted by Gasteiger charge is -2.40. The summed E-state index contributed by atoms with van der Waals surface area (Å²) in [7, 11) is 1.95. The number of hydrogen-bond acceptors (Lipinski definition) is 3. The lowest BCUT2D eigenvalue weighted by Crippen LogP contribution is -2.53. The van der Waals surface area contributed by atoms with Crippen LogP contribution in [-0.4, -0.2) is 50.2 Å². The molecule has 1 amide bonds. The zero-order chi connectivity index (χ0) is 13.0. The van der Waals surface area contributed by atoms with E-state index in [0.29, 0.717) is 12.5 Å². The van der Waals surface area contributed by atoms with Crippen LogP contribution in [0.4, 0.5) is 0 Å². The molecule has 2 fully saturated rings. The molecule has 0 aliphatic carbocycles. The number of nitrogens with zero attached hydrogens (tertiary/aromatic N) is 1. The van der Waals surface area contributed by atoms with Crippen molar-refractivity contribution < 1.29 is 9.53 Å². The fourth-order valence-corrected chi connectivity index (χ4v) is 3.32. The van der Waals surface area contributed by atoms with E-state index >= 15 is 0 Å². The maximum Gasteiger partial charge on any atom is 0.230 e. The summed E-state index contributed by atoms with van der Waals surface area (Å²) < 4.78 is 5.40. The summed E-state index contributed by atoms with van der Waals surface area (Å²) in [5.74, 6) is 0.326. The van der Waals surface area contributed by atoms with Crippen molar-refractivity contribution in [1.29, 1.82) is 0 Å². The maximum absolute atomic E-state index is 12.8. The first-order chi connectivity index (χ1) is 8.69. The summed E-state index contributed by atoms with van der Waals surface area (Å²) in [6.07, 6.45) is 5.20. The summed E-state index contributed by atoms with van der Waals surface area (Å²) in [5.41, 5.74) is -0.162. The van der Waals surface area contributed by atoms with Crippen LogP contribution in [0.5, 0.6) is 0 Å². The largest absolute Gasteiger partial charge is 0.379 e. The first-order valence-corrected chi connectivity index (χ1v) is 7.25. The number of amides is 1. The number of rotatable bonds is 4. The SMILES string of the molecule is CCCC1(C(=O)N(C)C2CCOC2)CCCNC1. The number of piperidine rings is 1. The molecule has 4 nitrogen and oxygen atoms in total. The van der Waals surface area contributed by atoms with Gasteiger partial charge in [-0.1, -0.05) is 13.3 Å². The van der Waals surface area contributed by atoms with Crippen LogP contribution >= 0.6 is 0 Å². The van der Waals surface area contributed by atoms with E-state index in [9.17, 15) is 4.79 Å². The van der Waals surface area contributed by atoms with Crippen LogP contribution in [0.2, 0.25) is 0 Å². The van der Waals surface area contributed by atoms with Crippen LogP contribution in [-0.2, 0) is 9.53 Å². The monoisotopic (exact) mass is 254 g/mol. The fraction of sp³-hybridized carbons (Fsp3) is 0.929. The molecule has 18 heavy (non-hydrogen) atoms. The third-order valence-corrected chi connectivity index (χ3v) is 4.43. The molecule has 0 aromatic rings. The molecule has 2 atom stereocenters. The average molecular weight is 254 g/mol. The van der Waals surface area contributed by atoms with Crippen molar-refractivity contribution in [3.8, 4) is 0 Å². The molecule has 0 bridgehead atoms. The van der Waals surface area contributed by atoms with Gasteiger partial charge in [-0.3, -0.25) is 4.79 Å². The Bertz CT molecular complexity index is 276. The number of carbonyl (C=O) groups excluding carboxylic acids is 1. The highest BCUT2D eigenvalue weighted by molar-refractivity contribution is 5.83. The molecule has 1 N–H and O–H groups in total. The third-order valence-electron chi connectivity index (χ3n) is 4.43. The summed E-state index contributed by atoms with van der Waals surface area (Å²) in [4.78, 5) is 14.8. The molecule has 0 spiro atoms. The van der Waals surface area contributed by atoms with Crippen LogP contribution in [0.25, 0.3) is 0 Å². The highest BCUT2D eigenvalue weighted by Gasteiger charge is 2.42. The molecule has 2 saturated heterocycles. The summed E-state index contributed by atoms with van der Waals surface area (Å²) in [6.45, 7) is 5.56. The quantitative estimate of drug-likeness (QED) is 0.824. The van der Waals surface area contributed by atoms with E-state index in [0.717, 1.165) is 51.8 Å². The van der Waals surface area contributed by atoms with Crippen LogP contribution in [0.1, 0.15) is 39.0 Å². The highest BCUT2D eigenvalue weighted by atomic mass is 16.5. The van der Waals surface area contributed by atoms with Gasteiger partial charge in [0.1, 0.15) is 0 Å². The van der Waals surface area contributed by atoms with E-state index in [2.05, 4.69) is 12.2 Å². The predicted octanol–water partition coefficient (Wildman–Crippen LogP) is 1.40. The van der Waals surface area contributed by atoms with E-state index in [4.69, 9.17) is 4.74 Å². The molecular formula is C14H26N2O2. The van der Waals surface area contributed by atoms with Gasteiger partial charge in [-0.2, -0.15) is 0 Å². The molecule has 2 rings (SSSR count). The smallest absolute Gasteiger partial charge is 0.230 e. The number of nitrogens with one attached hydrogen (secondary N) is 1. The van der Waals surface area contributed by atoms with Gasteiger partial charge in [0.25, 0.3) is 0 Å². The van der Waals surface area contributed by atoms with Gasteiger partial charge in [0, 0.05) is 20.2 Å². The number of likely N-dealkylation sites (N-methyl/N-ethyl adjacent to an activating group) is 1. The van der Waals surface area contributed by atoms with Crippen molar-refractivity contribution in [2.24, 2.45) is 5.41 Å². The van der Waals surface area contributed by atoms with Crippen molar-refractivity contribution in [1.82, 2.24) is 10.2 Å². The van der Waals surface area contributed by atoms with Crippen molar-refractivity contribution in [3.63, 3.8) is 0 Å². The Morgan fingerprint density at radius 3 is 2.94 bits per heavy atom. The summed E-state index contributed by atoms with van der Waals surface area (Å²) in [6, 6.07) is 0.285. The van der Waals surface area contributed by atoms with E-state index in [-0.39, 0.29) is 11.5 Å². The highest BCUT2D eigenvalue weighted by Crippen LogP contribution is 2.34. The van der Waals surface area contributed by atoms with Gasteiger partial charge in [-0.25, -0.2) is 0 Å². The van der Waals surface area contributed by atoms with Gasteiger partial charge in [-0.15, -0.1) is 0 Å². The van der Waals surface area contributed by atoms with Crippen molar-refractivity contribution in [3.05, 3.63) is 0 Å². The van der Waals surface area contributed by atoms with E-state index in [1.807, 2.05) is 11.9 Å². The molecule has 0 saturated carbocycles. The van der Waals surface area contributed by atoms with Crippen molar-refractivity contribution in [2.75, 3.05) is 33.4 Å². The lowest BCUT2D eigenvalue weighted by atomic mass is 9.75. The Hall–Kier alpha value is -0.610. The molecule has 2 aliphatic heterocycles. The van der Waals surface area contributed by atoms with Gasteiger partial charge in [0.15, 0.2) is 0 Å². The average Bonchev–Trinajstić information content (AvgIpc) is 2.92. The Balaban J connectivity index is 2.06. The minimum absolute atomic E-state index is 0.162. The van der Waals surface area contributed by atoms with Crippen molar-refractivity contribution in [2.45, 2.75) is 45.1 Å². The second kappa shape index (κ2) is 6.02. The third kappa shape index (κ3) is 2.69. The van der Waals surface area contributed by atoms with Gasteiger partial charge >= 0.3 is 0 Å². The molecule has 104 valence electrons. The van der Waals surface area contributed by atoms with Crippen molar-refractivity contribution >= 4 is 5.91 Å². The molecule has 0 radical (unpaired) electrons. The van der Waals surface area contributed by atoms with Gasteiger partial charge in [0.2, 0.25) is 5.91 Å². The van der Waals surface area contributed by atoms with E-state index in [1.165, 1.54) is 0 Å². The van der Waals surface area contributed by atoms with Crippen LogP contribution in [0, 0.1) is 5.41 Å². The zero-order valence-electron chi connectivity index (χ0n) is 11.7. The standard InChI is InChI=1S/C14H26N2O2/c1-3-6-14(7-4-8-15-11-14)13(17)16(2)12-5-9-18-10-12/h12,15H,3-11H2,1-2H3. The minimum atomic E-state index is -0.162. The van der Waals surface area contributed by atoms with Crippen LogP contribution < -0.4 is 5.32 Å². The van der Waals surface area contributed by atoms with Crippen LogP contribution in [0.3, 0.4) is 0 Å². The number of hydrogen-bond donors (Lipinski definition) is 1.